The Bertz CT molecular complexity index is 827. The number of carbonyl (C=O) groups excluding carboxylic acids is 1. The second-order valence-corrected chi connectivity index (χ2v) is 9.00. The Morgan fingerprint density at radius 2 is 2.14 bits per heavy atom. The molecule has 0 bridgehead atoms. The van der Waals surface area contributed by atoms with E-state index in [-0.39, 0.29) is 12.1 Å². The van der Waals surface area contributed by atoms with Crippen molar-refractivity contribution in [2.75, 3.05) is 38.5 Å². The van der Waals surface area contributed by atoms with Gasteiger partial charge in [-0.3, -0.25) is 4.99 Å². The number of guanidine groups is 1. The van der Waals surface area contributed by atoms with Crippen LogP contribution in [-0.4, -0.2) is 66.8 Å². The molecule has 1 atom stereocenters. The molecular weight excluding hydrogens is 388 g/mol. The van der Waals surface area contributed by atoms with Gasteiger partial charge in [-0.2, -0.15) is 0 Å². The van der Waals surface area contributed by atoms with Gasteiger partial charge in [-0.15, -0.1) is 0 Å². The van der Waals surface area contributed by atoms with E-state index >= 15 is 0 Å². The Morgan fingerprint density at radius 3 is 2.86 bits per heavy atom. The van der Waals surface area contributed by atoms with Crippen molar-refractivity contribution in [3.8, 4) is 0 Å². The van der Waals surface area contributed by atoms with Crippen LogP contribution in [0.25, 0.3) is 10.2 Å². The monoisotopic (exact) mass is 418 g/mol. The number of alkyl carbamates (subject to hydrolysis) is 1. The first-order valence-electron chi connectivity index (χ1n) is 9.88. The van der Waals surface area contributed by atoms with Gasteiger partial charge in [0.15, 0.2) is 11.1 Å². The van der Waals surface area contributed by atoms with E-state index in [0.717, 1.165) is 42.7 Å². The minimum absolute atomic E-state index is 0.0595. The molecule has 1 aliphatic rings. The third kappa shape index (κ3) is 6.22. The Kier molecular flexibility index (Phi) is 6.79. The van der Waals surface area contributed by atoms with Crippen molar-refractivity contribution < 1.29 is 9.53 Å². The van der Waals surface area contributed by atoms with Crippen LogP contribution in [0, 0.1) is 0 Å². The maximum absolute atomic E-state index is 12.0. The molecule has 1 saturated heterocycles. The highest BCUT2D eigenvalue weighted by Crippen LogP contribution is 2.24. The van der Waals surface area contributed by atoms with Gasteiger partial charge in [-0.25, -0.2) is 9.78 Å². The van der Waals surface area contributed by atoms with Crippen LogP contribution >= 0.6 is 11.3 Å². The van der Waals surface area contributed by atoms with Crippen LogP contribution in [0.15, 0.2) is 29.3 Å². The zero-order valence-electron chi connectivity index (χ0n) is 17.5. The standard InChI is InChI=1S/C20H30N6O2S/c1-20(2,3)28-19(27)24-14-9-12-26(13-14)17(21-4)22-10-11-23-18-25-15-7-5-6-8-16(15)29-18/h5-8,14H,9-13H2,1-4H3,(H,21,22)(H,23,25)(H,24,27). The Labute approximate surface area is 175 Å². The summed E-state index contributed by atoms with van der Waals surface area (Å²) < 4.78 is 6.52. The molecule has 1 unspecified atom stereocenters. The van der Waals surface area contributed by atoms with E-state index in [1.54, 1.807) is 18.4 Å². The number of ether oxygens (including phenoxy) is 1. The number of para-hydroxylation sites is 1. The molecule has 3 N–H and O–H groups in total. The van der Waals surface area contributed by atoms with Crippen LogP contribution in [-0.2, 0) is 4.74 Å². The lowest BCUT2D eigenvalue weighted by Crippen LogP contribution is -2.45. The van der Waals surface area contributed by atoms with Crippen LogP contribution in [0.2, 0.25) is 0 Å². The molecular formula is C20H30N6O2S. The molecule has 1 aromatic heterocycles. The summed E-state index contributed by atoms with van der Waals surface area (Å²) in [4.78, 5) is 23.1. The first-order valence-corrected chi connectivity index (χ1v) is 10.7. The number of carbonyl (C=O) groups is 1. The fourth-order valence-corrected chi connectivity index (χ4v) is 4.06. The molecule has 1 fully saturated rings. The maximum atomic E-state index is 12.0. The Balaban J connectivity index is 1.40. The highest BCUT2D eigenvalue weighted by Gasteiger charge is 2.27. The molecule has 8 nitrogen and oxygen atoms in total. The van der Waals surface area contributed by atoms with Crippen molar-refractivity contribution >= 4 is 38.7 Å². The van der Waals surface area contributed by atoms with Gasteiger partial charge in [0.05, 0.1) is 16.3 Å². The van der Waals surface area contributed by atoms with Crippen molar-refractivity contribution in [3.05, 3.63) is 24.3 Å². The van der Waals surface area contributed by atoms with Gasteiger partial charge < -0.3 is 25.6 Å². The van der Waals surface area contributed by atoms with Crippen LogP contribution in [0.5, 0.6) is 0 Å². The van der Waals surface area contributed by atoms with Crippen LogP contribution in [0.4, 0.5) is 9.93 Å². The molecule has 29 heavy (non-hydrogen) atoms. The molecule has 1 aliphatic heterocycles. The zero-order valence-corrected chi connectivity index (χ0v) is 18.3. The van der Waals surface area contributed by atoms with E-state index in [4.69, 9.17) is 4.74 Å². The van der Waals surface area contributed by atoms with E-state index in [1.807, 2.05) is 39.0 Å². The summed E-state index contributed by atoms with van der Waals surface area (Å²) in [7, 11) is 1.78. The minimum Gasteiger partial charge on any atom is -0.444 e. The number of fused-ring (bicyclic) bond motifs is 1. The van der Waals surface area contributed by atoms with Gasteiger partial charge in [0.1, 0.15) is 5.60 Å². The number of amides is 1. The lowest BCUT2D eigenvalue weighted by atomic mass is 10.2. The van der Waals surface area contributed by atoms with E-state index in [9.17, 15) is 4.79 Å². The molecule has 0 saturated carbocycles. The molecule has 0 radical (unpaired) electrons. The fraction of sp³-hybridized carbons (Fsp3) is 0.550. The number of anilines is 1. The normalized spacial score (nSPS) is 17.4. The molecule has 0 spiro atoms. The number of aromatic nitrogens is 1. The average molecular weight is 419 g/mol. The quantitative estimate of drug-likeness (QED) is 0.393. The summed E-state index contributed by atoms with van der Waals surface area (Å²) in [6.07, 6.45) is 0.497. The number of benzene rings is 1. The lowest BCUT2D eigenvalue weighted by molar-refractivity contribution is 0.0507. The summed E-state index contributed by atoms with van der Waals surface area (Å²) in [6, 6.07) is 8.18. The molecule has 2 heterocycles. The topological polar surface area (TPSA) is 90.9 Å². The number of hydrogen-bond acceptors (Lipinski definition) is 6. The van der Waals surface area contributed by atoms with Gasteiger partial charge in [0.25, 0.3) is 0 Å². The lowest BCUT2D eigenvalue weighted by Gasteiger charge is -2.23. The van der Waals surface area contributed by atoms with Gasteiger partial charge in [0.2, 0.25) is 0 Å². The second-order valence-electron chi connectivity index (χ2n) is 7.97. The number of thiazole rings is 1. The second kappa shape index (κ2) is 9.30. The van der Waals surface area contributed by atoms with Crippen molar-refractivity contribution in [2.24, 2.45) is 4.99 Å². The minimum atomic E-state index is -0.490. The zero-order chi connectivity index (χ0) is 20.9. The third-order valence-electron chi connectivity index (χ3n) is 4.40. The number of nitrogens with one attached hydrogen (secondary N) is 3. The number of likely N-dealkylation sites (tertiary alicyclic amines) is 1. The smallest absolute Gasteiger partial charge is 0.407 e. The summed E-state index contributed by atoms with van der Waals surface area (Å²) in [5.74, 6) is 0.838. The fourth-order valence-electron chi connectivity index (χ4n) is 3.17. The Hall–Kier alpha value is -2.55. The van der Waals surface area contributed by atoms with Crippen LogP contribution in [0.1, 0.15) is 27.2 Å². The predicted molar refractivity (Wildman–Crippen MR) is 119 cm³/mol. The van der Waals surface area contributed by atoms with Gasteiger partial charge in [-0.05, 0) is 39.3 Å². The third-order valence-corrected chi connectivity index (χ3v) is 5.39. The van der Waals surface area contributed by atoms with Gasteiger partial charge in [0, 0.05) is 33.2 Å². The predicted octanol–water partition coefficient (Wildman–Crippen LogP) is 2.88. The van der Waals surface area contributed by atoms with Gasteiger partial charge in [-0.1, -0.05) is 23.5 Å². The average Bonchev–Trinajstić information content (AvgIpc) is 3.26. The molecule has 158 valence electrons. The summed E-state index contributed by atoms with van der Waals surface area (Å²) in [5.41, 5.74) is 0.528. The molecule has 9 heteroatoms. The number of nitrogens with zero attached hydrogens (tertiary/aromatic N) is 3. The van der Waals surface area contributed by atoms with Crippen molar-refractivity contribution in [1.82, 2.24) is 20.5 Å². The first kappa shape index (κ1) is 21.2. The summed E-state index contributed by atoms with van der Waals surface area (Å²) >= 11 is 1.65. The van der Waals surface area contributed by atoms with E-state index in [2.05, 4.69) is 36.9 Å². The highest BCUT2D eigenvalue weighted by atomic mass is 32.1. The van der Waals surface area contributed by atoms with Crippen LogP contribution in [0.3, 0.4) is 0 Å². The molecule has 0 aliphatic carbocycles. The largest absolute Gasteiger partial charge is 0.444 e. The van der Waals surface area contributed by atoms with Crippen molar-refractivity contribution in [2.45, 2.75) is 38.8 Å². The number of rotatable bonds is 5. The van der Waals surface area contributed by atoms with Crippen LogP contribution < -0.4 is 16.0 Å². The van der Waals surface area contributed by atoms with E-state index in [0.29, 0.717) is 6.54 Å². The number of aliphatic imine (C=N–C) groups is 1. The van der Waals surface area contributed by atoms with Crippen molar-refractivity contribution in [1.29, 1.82) is 0 Å². The molecule has 1 amide bonds. The molecule has 2 aromatic rings. The van der Waals surface area contributed by atoms with Crippen molar-refractivity contribution in [3.63, 3.8) is 0 Å². The summed E-state index contributed by atoms with van der Waals surface area (Å²) in [5, 5.41) is 10.6. The highest BCUT2D eigenvalue weighted by molar-refractivity contribution is 7.22. The SMILES string of the molecule is CN=C(NCCNc1nc2ccccc2s1)N1CCC(NC(=O)OC(C)(C)C)C1. The molecule has 1 aromatic carbocycles. The number of hydrogen-bond donors (Lipinski definition) is 3. The van der Waals surface area contributed by atoms with Gasteiger partial charge >= 0.3 is 6.09 Å². The van der Waals surface area contributed by atoms with E-state index < -0.39 is 5.60 Å². The molecule has 3 rings (SSSR count). The Morgan fingerprint density at radius 1 is 1.34 bits per heavy atom. The first-order chi connectivity index (χ1) is 13.8. The maximum Gasteiger partial charge on any atom is 0.407 e. The van der Waals surface area contributed by atoms with E-state index in [1.165, 1.54) is 4.70 Å². The summed E-state index contributed by atoms with van der Waals surface area (Å²) in [6.45, 7) is 8.61.